The highest BCUT2D eigenvalue weighted by molar-refractivity contribution is 5.71. The summed E-state index contributed by atoms with van der Waals surface area (Å²) in [5.74, 6) is -0.947. The van der Waals surface area contributed by atoms with E-state index in [1.807, 2.05) is 72.9 Å². The molecular weight excluding hydrogens is 793 g/mol. The van der Waals surface area contributed by atoms with Gasteiger partial charge in [0.2, 0.25) is 0 Å². The molecule has 6 heteroatoms. The van der Waals surface area contributed by atoms with Gasteiger partial charge < -0.3 is 14.2 Å². The molecule has 0 heterocycles. The van der Waals surface area contributed by atoms with E-state index in [9.17, 15) is 14.4 Å². The van der Waals surface area contributed by atoms with E-state index in [2.05, 4.69) is 45.1 Å². The van der Waals surface area contributed by atoms with Crippen LogP contribution in [0.3, 0.4) is 0 Å². The zero-order chi connectivity index (χ0) is 46.5. The fourth-order valence-corrected chi connectivity index (χ4v) is 7.07. The van der Waals surface area contributed by atoms with Crippen molar-refractivity contribution in [1.82, 2.24) is 0 Å². The normalized spacial score (nSPS) is 12.9. The molecule has 0 saturated heterocycles. The molecule has 0 saturated carbocycles. The van der Waals surface area contributed by atoms with E-state index in [-0.39, 0.29) is 31.1 Å². The second-order valence-electron chi connectivity index (χ2n) is 17.2. The fraction of sp³-hybridized carbons (Fsp3) is 0.672. The summed E-state index contributed by atoms with van der Waals surface area (Å²) < 4.78 is 16.8. The summed E-state index contributed by atoms with van der Waals surface area (Å²) in [6, 6.07) is 0. The van der Waals surface area contributed by atoms with Crippen LogP contribution in [-0.4, -0.2) is 37.2 Å². The fourth-order valence-electron chi connectivity index (χ4n) is 7.07. The van der Waals surface area contributed by atoms with Crippen LogP contribution >= 0.6 is 0 Å². The molecule has 0 radical (unpaired) electrons. The predicted octanol–water partition coefficient (Wildman–Crippen LogP) is 17.4. The number of unbranched alkanes of at least 4 members (excludes halogenated alkanes) is 25. The van der Waals surface area contributed by atoms with E-state index in [1.54, 1.807) is 0 Å². The third-order valence-electron chi connectivity index (χ3n) is 11.0. The van der Waals surface area contributed by atoms with Crippen LogP contribution in [0.15, 0.2) is 97.2 Å². The molecule has 0 aromatic rings. The highest BCUT2D eigenvalue weighted by atomic mass is 16.6. The predicted molar refractivity (Wildman–Crippen MR) is 274 cm³/mol. The van der Waals surface area contributed by atoms with E-state index >= 15 is 0 Å². The first-order chi connectivity index (χ1) is 31.5. The zero-order valence-corrected chi connectivity index (χ0v) is 41.5. The monoisotopic (exact) mass is 889 g/mol. The third-order valence-corrected chi connectivity index (χ3v) is 11.0. The molecule has 0 N–H and O–H groups in total. The second-order valence-corrected chi connectivity index (χ2v) is 17.2. The van der Waals surface area contributed by atoms with Crippen molar-refractivity contribution in [3.63, 3.8) is 0 Å². The largest absolute Gasteiger partial charge is 0.462 e. The van der Waals surface area contributed by atoms with Crippen molar-refractivity contribution in [2.24, 2.45) is 0 Å². The lowest BCUT2D eigenvalue weighted by Crippen LogP contribution is -2.30. The van der Waals surface area contributed by atoms with Crippen molar-refractivity contribution in [2.75, 3.05) is 13.2 Å². The van der Waals surface area contributed by atoms with Gasteiger partial charge in [-0.2, -0.15) is 0 Å². The van der Waals surface area contributed by atoms with Gasteiger partial charge in [-0.3, -0.25) is 14.4 Å². The van der Waals surface area contributed by atoms with Crippen LogP contribution < -0.4 is 0 Å². The highest BCUT2D eigenvalue weighted by Gasteiger charge is 2.19. The maximum Gasteiger partial charge on any atom is 0.306 e. The van der Waals surface area contributed by atoms with E-state index in [0.29, 0.717) is 19.3 Å². The molecule has 0 bridgehead atoms. The number of hydrogen-bond donors (Lipinski definition) is 0. The second kappa shape index (κ2) is 52.0. The Bertz CT molecular complexity index is 1300. The van der Waals surface area contributed by atoms with E-state index in [4.69, 9.17) is 14.2 Å². The molecule has 0 amide bonds. The molecule has 0 aromatic heterocycles. The number of carbonyl (C=O) groups is 3. The molecule has 0 fully saturated rings. The maximum absolute atomic E-state index is 12.8. The lowest BCUT2D eigenvalue weighted by molar-refractivity contribution is -0.167. The maximum atomic E-state index is 12.8. The molecular formula is C58H96O6. The van der Waals surface area contributed by atoms with Crippen molar-refractivity contribution in [3.05, 3.63) is 97.2 Å². The summed E-state index contributed by atoms with van der Waals surface area (Å²) in [5, 5.41) is 0. The SMILES string of the molecule is CC\C=C/C=C\C=C/C=C\C=C\C=C/C=C\CCCCCC(=O)OCC(COC(=O)CCCCCCCCCCCC)OC(=O)CCCCCCCCC/C=C\CCCCCCCC. The average molecular weight is 889 g/mol. The molecule has 64 heavy (non-hydrogen) atoms. The minimum absolute atomic E-state index is 0.0935. The molecule has 0 aromatic carbocycles. The van der Waals surface area contributed by atoms with Gasteiger partial charge in [-0.25, -0.2) is 0 Å². The van der Waals surface area contributed by atoms with Crippen molar-refractivity contribution >= 4 is 17.9 Å². The molecule has 364 valence electrons. The van der Waals surface area contributed by atoms with Crippen LogP contribution in [0.1, 0.15) is 233 Å². The van der Waals surface area contributed by atoms with Gasteiger partial charge in [-0.15, -0.1) is 0 Å². The topological polar surface area (TPSA) is 78.9 Å². The average Bonchev–Trinajstić information content (AvgIpc) is 3.29. The van der Waals surface area contributed by atoms with E-state index < -0.39 is 6.10 Å². The molecule has 0 rings (SSSR count). The van der Waals surface area contributed by atoms with Crippen LogP contribution in [0.4, 0.5) is 0 Å². The van der Waals surface area contributed by atoms with Gasteiger partial charge in [0, 0.05) is 19.3 Å². The van der Waals surface area contributed by atoms with Crippen LogP contribution in [-0.2, 0) is 28.6 Å². The number of hydrogen-bond acceptors (Lipinski definition) is 6. The number of allylic oxidation sites excluding steroid dienone is 16. The molecule has 0 aliphatic heterocycles. The van der Waals surface area contributed by atoms with Gasteiger partial charge in [0.15, 0.2) is 6.10 Å². The summed E-state index contributed by atoms with van der Waals surface area (Å²) >= 11 is 0. The Balaban J connectivity index is 4.46. The highest BCUT2D eigenvalue weighted by Crippen LogP contribution is 2.14. The number of esters is 3. The Hall–Kier alpha value is -3.67. The summed E-state index contributed by atoms with van der Waals surface area (Å²) in [5.41, 5.74) is 0. The Labute approximate surface area is 394 Å². The number of ether oxygens (including phenoxy) is 3. The Kier molecular flexibility index (Phi) is 49.0. The van der Waals surface area contributed by atoms with Crippen LogP contribution in [0.5, 0.6) is 0 Å². The van der Waals surface area contributed by atoms with Gasteiger partial charge >= 0.3 is 17.9 Å². The minimum Gasteiger partial charge on any atom is -0.462 e. The smallest absolute Gasteiger partial charge is 0.306 e. The number of rotatable bonds is 46. The Morgan fingerprint density at radius 1 is 0.328 bits per heavy atom. The first kappa shape index (κ1) is 60.3. The molecule has 1 unspecified atom stereocenters. The Morgan fingerprint density at radius 3 is 1.02 bits per heavy atom. The molecule has 6 nitrogen and oxygen atoms in total. The molecule has 1 atom stereocenters. The summed E-state index contributed by atoms with van der Waals surface area (Å²) in [6.07, 6.45) is 68.1. The zero-order valence-electron chi connectivity index (χ0n) is 41.5. The quantitative estimate of drug-likeness (QED) is 0.0199. The first-order valence-electron chi connectivity index (χ1n) is 26.3. The first-order valence-corrected chi connectivity index (χ1v) is 26.3. The van der Waals surface area contributed by atoms with Crippen molar-refractivity contribution in [1.29, 1.82) is 0 Å². The van der Waals surface area contributed by atoms with Crippen molar-refractivity contribution < 1.29 is 28.6 Å². The molecule has 0 aliphatic carbocycles. The summed E-state index contributed by atoms with van der Waals surface area (Å²) in [4.78, 5) is 38.0. The van der Waals surface area contributed by atoms with Gasteiger partial charge in [-0.05, 0) is 64.2 Å². The van der Waals surface area contributed by atoms with E-state index in [0.717, 1.165) is 70.6 Å². The van der Waals surface area contributed by atoms with Crippen LogP contribution in [0.25, 0.3) is 0 Å². The summed E-state index contributed by atoms with van der Waals surface area (Å²) in [7, 11) is 0. The van der Waals surface area contributed by atoms with Crippen LogP contribution in [0.2, 0.25) is 0 Å². The lowest BCUT2D eigenvalue weighted by Gasteiger charge is -2.18. The third kappa shape index (κ3) is 49.3. The van der Waals surface area contributed by atoms with Gasteiger partial charge in [0.1, 0.15) is 13.2 Å². The number of carbonyl (C=O) groups excluding carboxylic acids is 3. The van der Waals surface area contributed by atoms with Gasteiger partial charge in [-0.1, -0.05) is 246 Å². The minimum atomic E-state index is -0.797. The standard InChI is InChI=1S/C58H96O6/c1-4-7-10-13-16-19-22-24-26-28-29-31-32-34-36-39-42-45-48-51-57(60)63-54-55(53-62-56(59)50-47-44-41-38-21-18-15-12-9-6-3)64-58(61)52-49-46-43-40-37-35-33-30-27-25-23-20-17-14-11-8-5-2/h7,10,13,16,19,22,24-29,31-32,34,36,55H,4-6,8-9,11-12,14-15,17-18,20-21,23,30,33,35,37-54H2,1-3H3/b10-7-,16-13-,22-19-,26-24-,27-25-,29-28+,32-31-,36-34-. The van der Waals surface area contributed by atoms with E-state index in [1.165, 1.54) is 122 Å². The Morgan fingerprint density at radius 2 is 0.625 bits per heavy atom. The summed E-state index contributed by atoms with van der Waals surface area (Å²) in [6.45, 7) is 6.43. The molecule has 0 spiro atoms. The van der Waals surface area contributed by atoms with Gasteiger partial charge in [0.05, 0.1) is 0 Å². The molecule has 0 aliphatic rings. The van der Waals surface area contributed by atoms with Crippen LogP contribution in [0, 0.1) is 0 Å². The van der Waals surface area contributed by atoms with Gasteiger partial charge in [0.25, 0.3) is 0 Å². The van der Waals surface area contributed by atoms with Crippen molar-refractivity contribution in [2.45, 2.75) is 239 Å². The lowest BCUT2D eigenvalue weighted by atomic mass is 10.1. The van der Waals surface area contributed by atoms with Crippen molar-refractivity contribution in [3.8, 4) is 0 Å².